The Kier molecular flexibility index (Phi) is 2.38. The monoisotopic (exact) mass is 235 g/mol. The van der Waals surface area contributed by atoms with Gasteiger partial charge in [0.15, 0.2) is 7.67 Å². The molecule has 1 saturated heterocycles. The summed E-state index contributed by atoms with van der Waals surface area (Å²) >= 11 is 0. The van der Waals surface area contributed by atoms with Gasteiger partial charge in [-0.2, -0.15) is 0 Å². The van der Waals surface area contributed by atoms with Crippen molar-refractivity contribution in [2.24, 2.45) is 0 Å². The molecule has 12 heteroatoms. The van der Waals surface area contributed by atoms with Crippen molar-refractivity contribution in [3.63, 3.8) is 0 Å². The van der Waals surface area contributed by atoms with Crippen LogP contribution < -0.4 is 24.4 Å². The van der Waals surface area contributed by atoms with Crippen LogP contribution in [0.5, 0.6) is 0 Å². The van der Waals surface area contributed by atoms with Gasteiger partial charge in [-0.1, -0.05) is 0 Å². The van der Waals surface area contributed by atoms with Crippen molar-refractivity contribution in [3.8, 4) is 0 Å². The Labute approximate surface area is 66.5 Å². The van der Waals surface area contributed by atoms with Crippen LogP contribution in [0.25, 0.3) is 0 Å². The summed E-state index contributed by atoms with van der Waals surface area (Å²) in [6.07, 6.45) is 0. The molecule has 1 rings (SSSR count). The average molecular weight is 235 g/mol. The molecule has 72 valence electrons. The molecule has 12 heavy (non-hydrogen) atoms. The molecule has 0 radical (unpaired) electrons. The van der Waals surface area contributed by atoms with Crippen molar-refractivity contribution in [1.29, 1.82) is 0 Å². The third-order valence-electron chi connectivity index (χ3n) is 0.723. The van der Waals surface area contributed by atoms with Crippen LogP contribution in [0.15, 0.2) is 0 Å². The molecular formula is H2N2O7P3-3. The Bertz CT molecular complexity index is 261. The van der Waals surface area contributed by atoms with E-state index in [0.29, 0.717) is 0 Å². The van der Waals surface area contributed by atoms with Gasteiger partial charge in [-0.3, -0.25) is 13.4 Å². The highest BCUT2D eigenvalue weighted by Crippen LogP contribution is 2.62. The molecule has 0 aliphatic carbocycles. The molecule has 2 atom stereocenters. The molecule has 0 amide bonds. The van der Waals surface area contributed by atoms with E-state index < -0.39 is 23.2 Å². The minimum Gasteiger partial charge on any atom is -0.775 e. The summed E-state index contributed by atoms with van der Waals surface area (Å²) in [5.41, 5.74) is 0. The van der Waals surface area contributed by atoms with Crippen LogP contribution >= 0.6 is 23.2 Å². The second kappa shape index (κ2) is 2.72. The fourth-order valence-corrected chi connectivity index (χ4v) is 5.77. The molecule has 0 aromatic rings. The average Bonchev–Trinajstić information content (AvgIpc) is 1.44. The van der Waals surface area contributed by atoms with E-state index >= 15 is 0 Å². The predicted molar refractivity (Wildman–Crippen MR) is 30.2 cm³/mol. The van der Waals surface area contributed by atoms with Crippen molar-refractivity contribution < 1.29 is 32.7 Å². The summed E-state index contributed by atoms with van der Waals surface area (Å²) in [5.74, 6) is 0. The van der Waals surface area contributed by atoms with E-state index in [1.165, 1.54) is 0 Å². The van der Waals surface area contributed by atoms with Gasteiger partial charge in [-0.25, -0.2) is 9.72 Å². The van der Waals surface area contributed by atoms with E-state index in [1.54, 1.807) is 0 Å². The zero-order valence-electron chi connectivity index (χ0n) is 5.20. The lowest BCUT2D eigenvalue weighted by Crippen LogP contribution is -2.38. The molecular weight excluding hydrogens is 233 g/mol. The molecule has 0 aromatic carbocycles. The van der Waals surface area contributed by atoms with E-state index in [9.17, 15) is 28.4 Å². The topological polar surface area (TPSA) is 154 Å². The molecule has 1 heterocycles. The van der Waals surface area contributed by atoms with Crippen molar-refractivity contribution in [2.45, 2.75) is 0 Å². The lowest BCUT2D eigenvalue weighted by atomic mass is 13.8. The minimum atomic E-state index is -5.04. The second-order valence-electron chi connectivity index (χ2n) is 1.83. The smallest absolute Gasteiger partial charge is 0.216 e. The van der Waals surface area contributed by atoms with Gasteiger partial charge in [0.05, 0.1) is 0 Å². The van der Waals surface area contributed by atoms with Gasteiger partial charge in [0.25, 0.3) is 0 Å². The Balaban J connectivity index is 3.05. The molecule has 0 aromatic heterocycles. The predicted octanol–water partition coefficient (Wildman–Crippen LogP) is -2.40. The van der Waals surface area contributed by atoms with Crippen LogP contribution in [-0.2, 0) is 18.0 Å². The maximum absolute atomic E-state index is 10.5. The van der Waals surface area contributed by atoms with Crippen molar-refractivity contribution in [1.82, 2.24) is 9.72 Å². The summed E-state index contributed by atoms with van der Waals surface area (Å²) in [4.78, 5) is 33.2. The minimum absolute atomic E-state index is 0.982. The van der Waals surface area contributed by atoms with Crippen LogP contribution in [-0.4, -0.2) is 0 Å². The first-order valence-corrected chi connectivity index (χ1v) is 7.07. The van der Waals surface area contributed by atoms with E-state index in [0.717, 1.165) is 9.72 Å². The molecule has 1 aliphatic heterocycles. The zero-order chi connectivity index (χ0) is 9.62. The quantitative estimate of drug-likeness (QED) is 0.437. The van der Waals surface area contributed by atoms with Gasteiger partial charge < -0.3 is 19.2 Å². The van der Waals surface area contributed by atoms with Crippen molar-refractivity contribution >= 4 is 23.2 Å². The van der Waals surface area contributed by atoms with E-state index in [-0.39, 0.29) is 0 Å². The third kappa shape index (κ3) is 2.74. The molecule has 0 spiro atoms. The molecule has 2 N–H and O–H groups in total. The first kappa shape index (κ1) is 10.5. The fraction of sp³-hybridized carbons (Fsp3) is 0. The van der Waals surface area contributed by atoms with Crippen LogP contribution in [0.3, 0.4) is 0 Å². The Hall–Kier alpha value is 0.450. The summed E-state index contributed by atoms with van der Waals surface area (Å²) in [6.45, 7) is 0. The van der Waals surface area contributed by atoms with Gasteiger partial charge in [-0.05, 0) is 0 Å². The van der Waals surface area contributed by atoms with Crippen LogP contribution in [0.1, 0.15) is 0 Å². The van der Waals surface area contributed by atoms with Gasteiger partial charge in [0.2, 0.25) is 15.5 Å². The molecule has 1 aliphatic rings. The molecule has 0 saturated carbocycles. The highest BCUT2D eigenvalue weighted by Gasteiger charge is 2.31. The van der Waals surface area contributed by atoms with Gasteiger partial charge >= 0.3 is 0 Å². The number of hydrogen-bond acceptors (Lipinski definition) is 7. The summed E-state index contributed by atoms with van der Waals surface area (Å²) in [5, 5.41) is 0. The molecule has 1 fully saturated rings. The van der Waals surface area contributed by atoms with Crippen LogP contribution in [0, 0.1) is 0 Å². The maximum atomic E-state index is 10.5. The lowest BCUT2D eigenvalue weighted by molar-refractivity contribution is -0.224. The normalized spacial score (nSPS) is 55.2. The van der Waals surface area contributed by atoms with Crippen LogP contribution in [0.2, 0.25) is 0 Å². The number of hydrogen-bond donors (Lipinski definition) is 2. The van der Waals surface area contributed by atoms with Crippen LogP contribution in [0.4, 0.5) is 0 Å². The maximum Gasteiger partial charge on any atom is 0.216 e. The lowest BCUT2D eigenvalue weighted by Gasteiger charge is -2.44. The SMILES string of the molecule is O=P1([O-])NP(=O)([O-])OP(=O)([O-])N1. The highest BCUT2D eigenvalue weighted by molar-refractivity contribution is 7.80. The van der Waals surface area contributed by atoms with Gasteiger partial charge in [-0.15, -0.1) is 0 Å². The largest absolute Gasteiger partial charge is 0.775 e. The zero-order valence-corrected chi connectivity index (χ0v) is 7.88. The first-order valence-electron chi connectivity index (χ1n) is 2.36. The highest BCUT2D eigenvalue weighted by atomic mass is 31.3. The van der Waals surface area contributed by atoms with E-state index in [1.807, 2.05) is 0 Å². The Morgan fingerprint density at radius 2 is 1.25 bits per heavy atom. The van der Waals surface area contributed by atoms with E-state index in [2.05, 4.69) is 4.31 Å². The van der Waals surface area contributed by atoms with E-state index in [4.69, 9.17) is 0 Å². The summed E-state index contributed by atoms with van der Waals surface area (Å²) in [6, 6.07) is 0. The Morgan fingerprint density at radius 1 is 0.917 bits per heavy atom. The fourth-order valence-electron chi connectivity index (χ4n) is 0.523. The number of rotatable bonds is 0. The second-order valence-corrected chi connectivity index (χ2v) is 7.17. The van der Waals surface area contributed by atoms with Gasteiger partial charge in [0.1, 0.15) is 0 Å². The molecule has 9 nitrogen and oxygen atoms in total. The first-order chi connectivity index (χ1) is 5.12. The summed E-state index contributed by atoms with van der Waals surface area (Å²) < 4.78 is 34.6. The Morgan fingerprint density at radius 3 is 1.50 bits per heavy atom. The summed E-state index contributed by atoms with van der Waals surface area (Å²) in [7, 11) is -14.9. The molecule has 2 unspecified atom stereocenters. The number of nitrogens with one attached hydrogen (secondary N) is 2. The van der Waals surface area contributed by atoms with Gasteiger partial charge in [0, 0.05) is 0 Å². The third-order valence-corrected chi connectivity index (χ3v) is 6.51. The van der Waals surface area contributed by atoms with Crippen molar-refractivity contribution in [3.05, 3.63) is 0 Å². The standard InChI is InChI=1S/H5N2O7P3/c3-10(4)1-11(5,6)9-12(7,8)2-10/h(H5,1,2,3,4,5,6,7,8)/p-3. The van der Waals surface area contributed by atoms with Crippen molar-refractivity contribution in [2.75, 3.05) is 0 Å². The molecule has 0 bridgehead atoms.